The molecule has 2 atom stereocenters. The third kappa shape index (κ3) is 2.77. The minimum absolute atomic E-state index is 0.110. The van der Waals surface area contributed by atoms with Gasteiger partial charge in [0, 0.05) is 11.5 Å². The monoisotopic (exact) mass is 202 g/mol. The summed E-state index contributed by atoms with van der Waals surface area (Å²) in [5.74, 6) is 0. The molecule has 0 saturated heterocycles. The number of aliphatic hydroxyl groups is 3. The van der Waals surface area contributed by atoms with Crippen LogP contribution in [0.4, 0.5) is 0 Å². The molecular weight excluding hydrogens is 188 g/mol. The minimum Gasteiger partial charge on any atom is -0.396 e. The summed E-state index contributed by atoms with van der Waals surface area (Å²) in [5, 5.41) is 29.3. The highest BCUT2D eigenvalue weighted by Gasteiger charge is 2.18. The molecule has 0 bridgehead atoms. The minimum atomic E-state index is -0.878. The van der Waals surface area contributed by atoms with Crippen LogP contribution in [0.5, 0.6) is 0 Å². The molecule has 0 aliphatic rings. The summed E-state index contributed by atoms with van der Waals surface area (Å²) in [6.45, 7) is 1.83. The first-order valence-electron chi connectivity index (χ1n) is 4.17. The summed E-state index contributed by atoms with van der Waals surface area (Å²) in [6, 6.07) is 1.84. The van der Waals surface area contributed by atoms with Crippen molar-refractivity contribution in [2.24, 2.45) is 0 Å². The van der Waals surface area contributed by atoms with E-state index in [0.29, 0.717) is 0 Å². The second kappa shape index (κ2) is 4.72. The lowest BCUT2D eigenvalue weighted by molar-refractivity contribution is 0.00443. The molecule has 0 radical (unpaired) electrons. The van der Waals surface area contributed by atoms with Crippen molar-refractivity contribution in [2.75, 3.05) is 6.61 Å². The quantitative estimate of drug-likeness (QED) is 0.678. The highest BCUT2D eigenvalue weighted by molar-refractivity contribution is 7.10. The Hall–Kier alpha value is -0.420. The van der Waals surface area contributed by atoms with Gasteiger partial charge >= 0.3 is 0 Å². The number of hydrogen-bond donors (Lipinski definition) is 3. The van der Waals surface area contributed by atoms with E-state index < -0.39 is 12.2 Å². The van der Waals surface area contributed by atoms with E-state index in [1.807, 2.05) is 18.4 Å². The number of hydrogen-bond acceptors (Lipinski definition) is 4. The first-order chi connectivity index (χ1) is 6.15. The van der Waals surface area contributed by atoms with Gasteiger partial charge in [-0.2, -0.15) is 0 Å². The predicted octanol–water partition coefficient (Wildman–Crippen LogP) is 0.833. The van der Waals surface area contributed by atoms with E-state index in [0.717, 1.165) is 10.4 Å². The van der Waals surface area contributed by atoms with E-state index in [1.54, 1.807) is 0 Å². The third-order valence-corrected chi connectivity index (χ3v) is 2.76. The van der Waals surface area contributed by atoms with E-state index in [1.165, 1.54) is 11.3 Å². The zero-order valence-electron chi connectivity index (χ0n) is 7.47. The van der Waals surface area contributed by atoms with Crippen LogP contribution in [0.25, 0.3) is 0 Å². The molecule has 1 heterocycles. The van der Waals surface area contributed by atoms with Gasteiger partial charge in [0.2, 0.25) is 0 Å². The number of thiophene rings is 1. The fourth-order valence-electron chi connectivity index (χ4n) is 1.13. The van der Waals surface area contributed by atoms with Gasteiger partial charge in [0.1, 0.15) is 6.10 Å². The van der Waals surface area contributed by atoms with Crippen molar-refractivity contribution >= 4 is 11.3 Å². The van der Waals surface area contributed by atoms with E-state index in [2.05, 4.69) is 0 Å². The zero-order valence-corrected chi connectivity index (χ0v) is 8.29. The lowest BCUT2D eigenvalue weighted by Gasteiger charge is -2.15. The molecule has 1 aromatic heterocycles. The molecule has 1 rings (SSSR count). The van der Waals surface area contributed by atoms with Crippen LogP contribution in [0.3, 0.4) is 0 Å². The molecular formula is C9H14O3S. The van der Waals surface area contributed by atoms with Crippen LogP contribution < -0.4 is 0 Å². The molecule has 1 aromatic rings. The van der Waals surface area contributed by atoms with Gasteiger partial charge in [-0.15, -0.1) is 11.3 Å². The standard InChI is InChI=1S/C9H14O3S/c1-6-4-7(5-13-6)9(12)8(11)2-3-10/h4-5,8-12H,2-3H2,1H3. The second-order valence-corrected chi connectivity index (χ2v) is 4.13. The molecule has 0 aromatic carbocycles. The molecule has 4 heteroatoms. The van der Waals surface area contributed by atoms with Gasteiger partial charge in [-0.05, 0) is 30.4 Å². The van der Waals surface area contributed by atoms with E-state index >= 15 is 0 Å². The molecule has 0 fully saturated rings. The largest absolute Gasteiger partial charge is 0.396 e. The summed E-state index contributed by atoms with van der Waals surface area (Å²) in [7, 11) is 0. The summed E-state index contributed by atoms with van der Waals surface area (Å²) < 4.78 is 0. The Balaban J connectivity index is 2.61. The Morgan fingerprint density at radius 2 is 2.15 bits per heavy atom. The number of aryl methyl sites for hydroxylation is 1. The van der Waals surface area contributed by atoms with Crippen LogP contribution in [0.1, 0.15) is 23.0 Å². The van der Waals surface area contributed by atoms with Crippen LogP contribution in [0.15, 0.2) is 11.4 Å². The van der Waals surface area contributed by atoms with Crippen LogP contribution in [0.2, 0.25) is 0 Å². The molecule has 3 nitrogen and oxygen atoms in total. The fraction of sp³-hybridized carbons (Fsp3) is 0.556. The molecule has 13 heavy (non-hydrogen) atoms. The zero-order chi connectivity index (χ0) is 9.84. The van der Waals surface area contributed by atoms with Crippen LogP contribution in [-0.4, -0.2) is 28.0 Å². The van der Waals surface area contributed by atoms with Gasteiger partial charge in [-0.1, -0.05) is 0 Å². The Morgan fingerprint density at radius 1 is 1.46 bits per heavy atom. The second-order valence-electron chi connectivity index (χ2n) is 3.02. The first-order valence-corrected chi connectivity index (χ1v) is 5.05. The lowest BCUT2D eigenvalue weighted by Crippen LogP contribution is -2.18. The maximum atomic E-state index is 9.58. The molecule has 0 aliphatic heterocycles. The molecule has 3 N–H and O–H groups in total. The Kier molecular flexibility index (Phi) is 3.87. The maximum absolute atomic E-state index is 9.58. The average Bonchev–Trinajstić information content (AvgIpc) is 2.51. The Morgan fingerprint density at radius 3 is 2.62 bits per heavy atom. The normalized spacial score (nSPS) is 15.7. The smallest absolute Gasteiger partial charge is 0.106 e. The highest BCUT2D eigenvalue weighted by Crippen LogP contribution is 2.23. The van der Waals surface area contributed by atoms with Gasteiger partial charge in [-0.3, -0.25) is 0 Å². The topological polar surface area (TPSA) is 60.7 Å². The number of aliphatic hydroxyl groups excluding tert-OH is 3. The fourth-order valence-corrected chi connectivity index (χ4v) is 1.86. The summed E-state index contributed by atoms with van der Waals surface area (Å²) in [4.78, 5) is 1.10. The molecule has 0 aliphatic carbocycles. The maximum Gasteiger partial charge on any atom is 0.106 e. The number of rotatable bonds is 4. The van der Waals surface area contributed by atoms with Crippen molar-refractivity contribution in [1.29, 1.82) is 0 Å². The summed E-state index contributed by atoms with van der Waals surface area (Å²) >= 11 is 1.53. The van der Waals surface area contributed by atoms with E-state index in [4.69, 9.17) is 5.11 Å². The van der Waals surface area contributed by atoms with Gasteiger partial charge in [0.15, 0.2) is 0 Å². The summed E-state index contributed by atoms with van der Waals surface area (Å²) in [6.07, 6.45) is -1.55. The van der Waals surface area contributed by atoms with Gasteiger partial charge in [0.25, 0.3) is 0 Å². The average molecular weight is 202 g/mol. The summed E-state index contributed by atoms with van der Waals surface area (Å²) in [5.41, 5.74) is 0.725. The van der Waals surface area contributed by atoms with Crippen molar-refractivity contribution < 1.29 is 15.3 Å². The first kappa shape index (κ1) is 10.7. The van der Waals surface area contributed by atoms with Crippen molar-refractivity contribution in [3.8, 4) is 0 Å². The van der Waals surface area contributed by atoms with Crippen molar-refractivity contribution in [2.45, 2.75) is 25.6 Å². The van der Waals surface area contributed by atoms with Crippen LogP contribution >= 0.6 is 11.3 Å². The molecule has 0 spiro atoms. The lowest BCUT2D eigenvalue weighted by atomic mass is 10.1. The van der Waals surface area contributed by atoms with E-state index in [-0.39, 0.29) is 13.0 Å². The molecule has 2 unspecified atom stereocenters. The van der Waals surface area contributed by atoms with E-state index in [9.17, 15) is 10.2 Å². The van der Waals surface area contributed by atoms with Gasteiger partial charge in [0.05, 0.1) is 6.10 Å². The molecule has 0 amide bonds. The van der Waals surface area contributed by atoms with Crippen molar-refractivity contribution in [1.82, 2.24) is 0 Å². The molecule has 0 saturated carbocycles. The third-order valence-electron chi connectivity index (χ3n) is 1.88. The SMILES string of the molecule is Cc1cc(C(O)C(O)CCO)cs1. The van der Waals surface area contributed by atoms with Gasteiger partial charge in [-0.25, -0.2) is 0 Å². The van der Waals surface area contributed by atoms with Crippen molar-refractivity contribution in [3.05, 3.63) is 21.9 Å². The van der Waals surface area contributed by atoms with Crippen LogP contribution in [0, 0.1) is 6.92 Å². The van der Waals surface area contributed by atoms with Gasteiger partial charge < -0.3 is 15.3 Å². The predicted molar refractivity (Wildman–Crippen MR) is 51.7 cm³/mol. The molecule has 74 valence electrons. The Bertz CT molecular complexity index is 259. The Labute approximate surface area is 81.3 Å². The van der Waals surface area contributed by atoms with Crippen molar-refractivity contribution in [3.63, 3.8) is 0 Å². The highest BCUT2D eigenvalue weighted by atomic mass is 32.1. The van der Waals surface area contributed by atoms with Crippen LogP contribution in [-0.2, 0) is 0 Å².